The van der Waals surface area contributed by atoms with Crippen LogP contribution < -0.4 is 15.5 Å². The molecule has 0 aliphatic carbocycles. The van der Waals surface area contributed by atoms with Crippen LogP contribution in [0.25, 0.3) is 5.69 Å². The molecule has 3 aromatic rings. The van der Waals surface area contributed by atoms with Crippen LogP contribution in [0.3, 0.4) is 0 Å². The zero-order valence-electron chi connectivity index (χ0n) is 18.3. The van der Waals surface area contributed by atoms with Crippen molar-refractivity contribution in [2.75, 3.05) is 44.8 Å². The molecule has 4 rings (SSSR count). The summed E-state index contributed by atoms with van der Waals surface area (Å²) in [6.45, 7) is 3.95. The maximum Gasteiger partial charge on any atom is 0.191 e. The first-order valence-electron chi connectivity index (χ1n) is 10.9. The minimum atomic E-state index is -0.201. The number of rotatable bonds is 7. The van der Waals surface area contributed by atoms with Crippen molar-refractivity contribution in [1.29, 1.82) is 0 Å². The molecule has 0 radical (unpaired) electrons. The van der Waals surface area contributed by atoms with E-state index in [1.54, 1.807) is 19.3 Å². The Balaban J connectivity index is 1.24. The molecule has 0 bridgehead atoms. The van der Waals surface area contributed by atoms with Crippen molar-refractivity contribution in [3.8, 4) is 5.69 Å². The van der Waals surface area contributed by atoms with Crippen molar-refractivity contribution in [2.24, 2.45) is 4.99 Å². The van der Waals surface area contributed by atoms with Gasteiger partial charge in [0.2, 0.25) is 0 Å². The molecule has 0 saturated carbocycles. The van der Waals surface area contributed by atoms with Gasteiger partial charge in [0.05, 0.1) is 24.6 Å². The highest BCUT2D eigenvalue weighted by molar-refractivity contribution is 5.79. The first-order chi connectivity index (χ1) is 15.7. The van der Waals surface area contributed by atoms with E-state index >= 15 is 0 Å². The minimum Gasteiger partial charge on any atom is -0.378 e. The molecule has 0 unspecified atom stereocenters. The maximum atomic E-state index is 14.6. The van der Waals surface area contributed by atoms with Gasteiger partial charge >= 0.3 is 0 Å². The van der Waals surface area contributed by atoms with Crippen molar-refractivity contribution < 1.29 is 9.13 Å². The molecule has 2 N–H and O–H groups in total. The van der Waals surface area contributed by atoms with E-state index in [1.807, 2.05) is 34.0 Å². The normalized spacial score (nSPS) is 14.4. The lowest BCUT2D eigenvalue weighted by atomic mass is 10.1. The Hall–Kier alpha value is -3.39. The third kappa shape index (κ3) is 5.64. The van der Waals surface area contributed by atoms with Crippen LogP contribution >= 0.6 is 0 Å². The van der Waals surface area contributed by atoms with E-state index in [2.05, 4.69) is 45.0 Å². The summed E-state index contributed by atoms with van der Waals surface area (Å²) in [6.07, 6.45) is 4.56. The van der Waals surface area contributed by atoms with Crippen molar-refractivity contribution >= 4 is 11.6 Å². The minimum absolute atomic E-state index is 0.201. The number of nitrogens with zero attached hydrogens (tertiary/aromatic N) is 4. The van der Waals surface area contributed by atoms with Crippen LogP contribution in [0.4, 0.5) is 10.1 Å². The molecule has 1 saturated heterocycles. The summed E-state index contributed by atoms with van der Waals surface area (Å²) in [5, 5.41) is 10.8. The average Bonchev–Trinajstić information content (AvgIpc) is 3.37. The lowest BCUT2D eigenvalue weighted by molar-refractivity contribution is 0.122. The fraction of sp³-hybridized carbons (Fsp3) is 0.333. The molecule has 0 atom stereocenters. The van der Waals surface area contributed by atoms with Gasteiger partial charge in [0.15, 0.2) is 5.96 Å². The van der Waals surface area contributed by atoms with Crippen LogP contribution in [0, 0.1) is 5.82 Å². The van der Waals surface area contributed by atoms with Gasteiger partial charge in [-0.25, -0.2) is 9.07 Å². The second-order valence-electron chi connectivity index (χ2n) is 7.60. The molecular formula is C24H29FN6O. The Labute approximate surface area is 187 Å². The van der Waals surface area contributed by atoms with Crippen LogP contribution in [0.15, 0.2) is 65.9 Å². The molecule has 0 spiro atoms. The van der Waals surface area contributed by atoms with Crippen molar-refractivity contribution in [1.82, 2.24) is 20.4 Å². The van der Waals surface area contributed by atoms with Gasteiger partial charge in [0, 0.05) is 45.6 Å². The van der Waals surface area contributed by atoms with E-state index in [1.165, 1.54) is 5.56 Å². The predicted octanol–water partition coefficient (Wildman–Crippen LogP) is 2.76. The number of halogens is 1. The summed E-state index contributed by atoms with van der Waals surface area (Å²) in [5.74, 6) is 0.489. The number of nitrogens with one attached hydrogen (secondary N) is 2. The van der Waals surface area contributed by atoms with E-state index in [0.717, 1.165) is 37.3 Å². The molecule has 7 nitrogen and oxygen atoms in total. The zero-order valence-corrected chi connectivity index (χ0v) is 18.3. The third-order valence-corrected chi connectivity index (χ3v) is 5.46. The van der Waals surface area contributed by atoms with Gasteiger partial charge in [0.1, 0.15) is 5.82 Å². The van der Waals surface area contributed by atoms with Crippen LogP contribution in [0.2, 0.25) is 0 Å². The van der Waals surface area contributed by atoms with Gasteiger partial charge in [-0.05, 0) is 47.9 Å². The Morgan fingerprint density at radius 2 is 1.88 bits per heavy atom. The molecule has 1 aromatic heterocycles. The number of aliphatic imine (C=N–C) groups is 1. The molecule has 1 aliphatic rings. The summed E-state index contributed by atoms with van der Waals surface area (Å²) < 4.78 is 21.8. The molecule has 0 amide bonds. The van der Waals surface area contributed by atoms with Crippen molar-refractivity contribution in [3.05, 3.63) is 77.9 Å². The summed E-state index contributed by atoms with van der Waals surface area (Å²) in [4.78, 5) is 6.29. The number of guanidine groups is 1. The van der Waals surface area contributed by atoms with E-state index in [9.17, 15) is 4.39 Å². The number of ether oxygens (including phenoxy) is 1. The first kappa shape index (κ1) is 21.8. The van der Waals surface area contributed by atoms with Gasteiger partial charge in [-0.15, -0.1) is 0 Å². The second-order valence-corrected chi connectivity index (χ2v) is 7.60. The number of aromatic nitrogens is 2. The molecule has 1 fully saturated rings. The topological polar surface area (TPSA) is 66.7 Å². The Morgan fingerprint density at radius 3 is 2.56 bits per heavy atom. The zero-order chi connectivity index (χ0) is 22.2. The Kier molecular flexibility index (Phi) is 7.34. The molecule has 2 aromatic carbocycles. The summed E-state index contributed by atoms with van der Waals surface area (Å²) in [7, 11) is 1.73. The SMILES string of the molecule is CN=C(NCCc1ccc(-n2cccn2)cc1)NCc1ccc(N2CCOCC2)c(F)c1. The van der Waals surface area contributed by atoms with Crippen LogP contribution in [0.5, 0.6) is 0 Å². The van der Waals surface area contributed by atoms with E-state index in [4.69, 9.17) is 4.74 Å². The first-order valence-corrected chi connectivity index (χ1v) is 10.9. The summed E-state index contributed by atoms with van der Waals surface area (Å²) >= 11 is 0. The lowest BCUT2D eigenvalue weighted by Crippen LogP contribution is -2.38. The van der Waals surface area contributed by atoms with Gasteiger partial charge in [-0.1, -0.05) is 18.2 Å². The monoisotopic (exact) mass is 436 g/mol. The molecule has 2 heterocycles. The Morgan fingerprint density at radius 1 is 1.09 bits per heavy atom. The highest BCUT2D eigenvalue weighted by Gasteiger charge is 2.15. The van der Waals surface area contributed by atoms with E-state index < -0.39 is 0 Å². The number of hydrogen-bond acceptors (Lipinski definition) is 4. The lowest BCUT2D eigenvalue weighted by Gasteiger charge is -2.29. The molecular weight excluding hydrogens is 407 g/mol. The molecule has 32 heavy (non-hydrogen) atoms. The number of anilines is 1. The third-order valence-electron chi connectivity index (χ3n) is 5.46. The predicted molar refractivity (Wildman–Crippen MR) is 125 cm³/mol. The quantitative estimate of drug-likeness (QED) is 0.440. The summed E-state index contributed by atoms with van der Waals surface area (Å²) in [5.41, 5.74) is 3.77. The van der Waals surface area contributed by atoms with Crippen LogP contribution in [-0.2, 0) is 17.7 Å². The largest absolute Gasteiger partial charge is 0.378 e. The highest BCUT2D eigenvalue weighted by Crippen LogP contribution is 2.21. The van der Waals surface area contributed by atoms with Crippen LogP contribution in [-0.4, -0.2) is 55.6 Å². The highest BCUT2D eigenvalue weighted by atomic mass is 19.1. The Bertz CT molecular complexity index is 1010. The number of benzene rings is 2. The number of hydrogen-bond donors (Lipinski definition) is 2. The van der Waals surface area contributed by atoms with E-state index in [0.29, 0.717) is 31.4 Å². The van der Waals surface area contributed by atoms with E-state index in [-0.39, 0.29) is 5.82 Å². The average molecular weight is 437 g/mol. The standard InChI is InChI=1S/C24H29FN6O/c1-26-24(27-11-9-19-3-6-21(7-4-19)31-12-2-10-29-31)28-18-20-5-8-23(22(25)17-20)30-13-15-32-16-14-30/h2-8,10,12,17H,9,11,13-16,18H2,1H3,(H2,26,27,28). The fourth-order valence-electron chi connectivity index (χ4n) is 3.69. The smallest absolute Gasteiger partial charge is 0.191 e. The van der Waals surface area contributed by atoms with Gasteiger partial charge in [-0.3, -0.25) is 4.99 Å². The maximum absolute atomic E-state index is 14.6. The van der Waals surface area contributed by atoms with Crippen molar-refractivity contribution in [2.45, 2.75) is 13.0 Å². The molecule has 1 aliphatic heterocycles. The van der Waals surface area contributed by atoms with Crippen molar-refractivity contribution in [3.63, 3.8) is 0 Å². The van der Waals surface area contributed by atoms with Gasteiger partial charge in [0.25, 0.3) is 0 Å². The van der Waals surface area contributed by atoms with Gasteiger partial charge < -0.3 is 20.3 Å². The van der Waals surface area contributed by atoms with Crippen LogP contribution in [0.1, 0.15) is 11.1 Å². The second kappa shape index (κ2) is 10.8. The fourth-order valence-corrected chi connectivity index (χ4v) is 3.69. The molecule has 168 valence electrons. The van der Waals surface area contributed by atoms with Gasteiger partial charge in [-0.2, -0.15) is 5.10 Å². The number of morpholine rings is 1. The molecule has 8 heteroatoms. The summed E-state index contributed by atoms with van der Waals surface area (Å²) in [6, 6.07) is 15.6.